The maximum atomic E-state index is 9.79. The molecular formula is C15H18N4O2. The molecule has 3 fully saturated rings. The Hall–Kier alpha value is -2.10. The SMILES string of the molecule is CCC1OC2(C)OC(=N)C1(C#N)C(C#N)(C#N)C2C(C)C. The molecule has 2 bridgehead atoms. The van der Waals surface area contributed by atoms with Crippen LogP contribution in [0.4, 0.5) is 0 Å². The highest BCUT2D eigenvalue weighted by atomic mass is 16.7. The van der Waals surface area contributed by atoms with E-state index in [1.54, 1.807) is 6.92 Å². The Morgan fingerprint density at radius 3 is 2.19 bits per heavy atom. The summed E-state index contributed by atoms with van der Waals surface area (Å²) >= 11 is 0. The first-order valence-electron chi connectivity index (χ1n) is 6.99. The van der Waals surface area contributed by atoms with E-state index in [0.717, 1.165) is 0 Å². The zero-order valence-electron chi connectivity index (χ0n) is 12.6. The third-order valence-corrected chi connectivity index (χ3v) is 4.74. The van der Waals surface area contributed by atoms with Crippen LogP contribution < -0.4 is 0 Å². The molecule has 4 unspecified atom stereocenters. The normalized spacial score (nSPS) is 40.0. The van der Waals surface area contributed by atoms with Crippen molar-refractivity contribution in [3.05, 3.63) is 0 Å². The minimum absolute atomic E-state index is 0.118. The molecule has 0 saturated carbocycles. The van der Waals surface area contributed by atoms with Crippen molar-refractivity contribution < 1.29 is 9.47 Å². The van der Waals surface area contributed by atoms with Crippen molar-refractivity contribution in [2.24, 2.45) is 22.7 Å². The molecule has 3 aliphatic heterocycles. The Balaban J connectivity index is 2.85. The fourth-order valence-electron chi connectivity index (χ4n) is 4.08. The second-order valence-electron chi connectivity index (χ2n) is 6.14. The van der Waals surface area contributed by atoms with Gasteiger partial charge in [0.15, 0.2) is 10.8 Å². The van der Waals surface area contributed by atoms with Gasteiger partial charge in [0.2, 0.25) is 11.7 Å². The van der Waals surface area contributed by atoms with E-state index in [4.69, 9.17) is 14.9 Å². The summed E-state index contributed by atoms with van der Waals surface area (Å²) in [6.45, 7) is 7.19. The van der Waals surface area contributed by atoms with Crippen LogP contribution >= 0.6 is 0 Å². The van der Waals surface area contributed by atoms with Crippen molar-refractivity contribution in [2.75, 3.05) is 0 Å². The van der Waals surface area contributed by atoms with E-state index in [1.165, 1.54) is 0 Å². The number of ether oxygens (including phenoxy) is 2. The van der Waals surface area contributed by atoms with Crippen LogP contribution in [0.5, 0.6) is 0 Å². The van der Waals surface area contributed by atoms with Gasteiger partial charge in [0.05, 0.1) is 30.2 Å². The van der Waals surface area contributed by atoms with Crippen LogP contribution in [0, 0.1) is 62.1 Å². The standard InChI is InChI=1S/C15H18N4O2/c1-5-10-15(8-18)12(19)21-13(4,20-10)11(9(2)3)14(15,6-16)7-17/h9-11,19H,5H2,1-4H3. The zero-order chi connectivity index (χ0) is 16.1. The lowest BCUT2D eigenvalue weighted by Crippen LogP contribution is -2.75. The van der Waals surface area contributed by atoms with Gasteiger partial charge in [-0.3, -0.25) is 5.41 Å². The maximum absolute atomic E-state index is 9.79. The van der Waals surface area contributed by atoms with Crippen LogP contribution in [0.15, 0.2) is 0 Å². The maximum Gasteiger partial charge on any atom is 0.215 e. The van der Waals surface area contributed by atoms with Crippen molar-refractivity contribution >= 4 is 5.90 Å². The van der Waals surface area contributed by atoms with E-state index in [2.05, 4.69) is 12.1 Å². The highest BCUT2D eigenvalue weighted by Crippen LogP contribution is 2.64. The van der Waals surface area contributed by atoms with Gasteiger partial charge in [0, 0.05) is 6.92 Å². The molecule has 3 aliphatic rings. The molecular weight excluding hydrogens is 268 g/mol. The average Bonchev–Trinajstić information content (AvgIpc) is 2.44. The lowest BCUT2D eigenvalue weighted by atomic mass is 9.49. The molecule has 3 saturated heterocycles. The molecule has 0 aliphatic carbocycles. The van der Waals surface area contributed by atoms with Crippen molar-refractivity contribution in [2.45, 2.75) is 46.0 Å². The average molecular weight is 286 g/mol. The second-order valence-corrected chi connectivity index (χ2v) is 6.14. The van der Waals surface area contributed by atoms with Gasteiger partial charge in [0.25, 0.3) is 0 Å². The molecule has 3 rings (SSSR count). The predicted octanol–water partition coefficient (Wildman–Crippen LogP) is 2.33. The van der Waals surface area contributed by atoms with Crippen LogP contribution in [-0.4, -0.2) is 17.8 Å². The third-order valence-electron chi connectivity index (χ3n) is 4.74. The Morgan fingerprint density at radius 2 is 1.81 bits per heavy atom. The lowest BCUT2D eigenvalue weighted by Gasteiger charge is -2.62. The van der Waals surface area contributed by atoms with Gasteiger partial charge in [-0.1, -0.05) is 20.8 Å². The van der Waals surface area contributed by atoms with E-state index in [1.807, 2.05) is 26.8 Å². The Bertz CT molecular complexity index is 595. The Morgan fingerprint density at radius 1 is 1.24 bits per heavy atom. The minimum atomic E-state index is -1.68. The van der Waals surface area contributed by atoms with Crippen molar-refractivity contribution in [3.63, 3.8) is 0 Å². The number of hydrogen-bond acceptors (Lipinski definition) is 6. The third kappa shape index (κ3) is 1.45. The fraction of sp³-hybridized carbons (Fsp3) is 0.733. The summed E-state index contributed by atoms with van der Waals surface area (Å²) < 4.78 is 11.5. The molecule has 4 atom stereocenters. The molecule has 0 aromatic rings. The van der Waals surface area contributed by atoms with Crippen LogP contribution in [0.25, 0.3) is 0 Å². The molecule has 0 aromatic heterocycles. The molecule has 6 heteroatoms. The van der Waals surface area contributed by atoms with Crippen LogP contribution in [0.1, 0.15) is 34.1 Å². The van der Waals surface area contributed by atoms with Crippen molar-refractivity contribution in [1.82, 2.24) is 0 Å². The number of fused-ring (bicyclic) bond motifs is 3. The molecule has 21 heavy (non-hydrogen) atoms. The van der Waals surface area contributed by atoms with Gasteiger partial charge in [-0.15, -0.1) is 0 Å². The minimum Gasteiger partial charge on any atom is -0.448 e. The highest BCUT2D eigenvalue weighted by molar-refractivity contribution is 5.88. The molecule has 3 heterocycles. The number of nitrogens with zero attached hydrogens (tertiary/aromatic N) is 3. The first-order chi connectivity index (χ1) is 9.79. The zero-order valence-corrected chi connectivity index (χ0v) is 12.6. The van der Waals surface area contributed by atoms with E-state index < -0.39 is 28.6 Å². The molecule has 0 radical (unpaired) electrons. The lowest BCUT2D eigenvalue weighted by molar-refractivity contribution is -0.346. The smallest absolute Gasteiger partial charge is 0.215 e. The predicted molar refractivity (Wildman–Crippen MR) is 72.4 cm³/mol. The molecule has 1 N–H and O–H groups in total. The van der Waals surface area contributed by atoms with Crippen LogP contribution in [0.2, 0.25) is 0 Å². The van der Waals surface area contributed by atoms with Crippen molar-refractivity contribution in [3.8, 4) is 18.2 Å². The topological polar surface area (TPSA) is 114 Å². The summed E-state index contributed by atoms with van der Waals surface area (Å²) in [6.07, 6.45) is -0.284. The van der Waals surface area contributed by atoms with Gasteiger partial charge < -0.3 is 9.47 Å². The van der Waals surface area contributed by atoms with Crippen molar-refractivity contribution in [1.29, 1.82) is 21.2 Å². The second kappa shape index (κ2) is 4.45. The van der Waals surface area contributed by atoms with E-state index in [0.29, 0.717) is 6.42 Å². The Labute approximate surface area is 124 Å². The van der Waals surface area contributed by atoms with Crippen LogP contribution in [0.3, 0.4) is 0 Å². The molecule has 0 amide bonds. The van der Waals surface area contributed by atoms with Gasteiger partial charge >= 0.3 is 0 Å². The van der Waals surface area contributed by atoms with Gasteiger partial charge in [-0.05, 0) is 12.3 Å². The number of nitrogens with one attached hydrogen (secondary N) is 1. The fourth-order valence-corrected chi connectivity index (χ4v) is 4.08. The summed E-state index contributed by atoms with van der Waals surface area (Å²) in [5, 5.41) is 37.5. The quantitative estimate of drug-likeness (QED) is 0.836. The van der Waals surface area contributed by atoms with E-state index in [9.17, 15) is 15.8 Å². The number of nitriles is 3. The highest BCUT2D eigenvalue weighted by Gasteiger charge is 2.78. The van der Waals surface area contributed by atoms with Gasteiger partial charge in [0.1, 0.15) is 0 Å². The molecule has 110 valence electrons. The van der Waals surface area contributed by atoms with E-state index in [-0.39, 0.29) is 11.8 Å². The first-order valence-corrected chi connectivity index (χ1v) is 6.99. The van der Waals surface area contributed by atoms with E-state index >= 15 is 0 Å². The first kappa shape index (κ1) is 15.3. The van der Waals surface area contributed by atoms with Crippen LogP contribution in [-0.2, 0) is 9.47 Å². The van der Waals surface area contributed by atoms with Gasteiger partial charge in [-0.25, -0.2) is 0 Å². The van der Waals surface area contributed by atoms with Gasteiger partial charge in [-0.2, -0.15) is 15.8 Å². The number of hydrogen-bond donors (Lipinski definition) is 1. The summed E-state index contributed by atoms with van der Waals surface area (Å²) in [5.41, 5.74) is -3.34. The summed E-state index contributed by atoms with van der Waals surface area (Å²) in [6, 6.07) is 6.15. The summed E-state index contributed by atoms with van der Waals surface area (Å²) in [4.78, 5) is 0. The molecule has 6 nitrogen and oxygen atoms in total. The monoisotopic (exact) mass is 286 g/mol. The summed E-state index contributed by atoms with van der Waals surface area (Å²) in [7, 11) is 0. The number of rotatable bonds is 2. The Kier molecular flexibility index (Phi) is 3.24. The molecule has 0 spiro atoms. The largest absolute Gasteiger partial charge is 0.448 e. The molecule has 0 aromatic carbocycles. The summed E-state index contributed by atoms with van der Waals surface area (Å²) in [5.74, 6) is -2.30.